The zero-order valence-electron chi connectivity index (χ0n) is 13.0. The number of rotatable bonds is 5. The molecule has 0 spiro atoms. The first-order valence-corrected chi connectivity index (χ1v) is 7.49. The number of hydrogen-bond acceptors (Lipinski definition) is 4. The monoisotopic (exact) mass is 306 g/mol. The molecule has 2 rings (SSSR count). The molecule has 1 heterocycles. The molecule has 1 aliphatic rings. The van der Waals surface area contributed by atoms with Crippen LogP contribution in [0.5, 0.6) is 5.75 Å². The van der Waals surface area contributed by atoms with Crippen LogP contribution in [0.4, 0.5) is 4.79 Å². The first-order valence-electron chi connectivity index (χ1n) is 7.49. The number of benzene rings is 1. The molecule has 120 valence electrons. The van der Waals surface area contributed by atoms with E-state index in [0.717, 1.165) is 24.2 Å². The van der Waals surface area contributed by atoms with E-state index in [1.54, 1.807) is 18.9 Å². The minimum absolute atomic E-state index is 0.0353. The molecule has 0 aliphatic carbocycles. The van der Waals surface area contributed by atoms with Gasteiger partial charge in [-0.3, -0.25) is 4.79 Å². The van der Waals surface area contributed by atoms with E-state index in [-0.39, 0.29) is 18.6 Å². The molecule has 1 aromatic rings. The van der Waals surface area contributed by atoms with Gasteiger partial charge in [-0.15, -0.1) is 0 Å². The molecule has 0 radical (unpaired) electrons. The molecule has 0 aromatic heterocycles. The summed E-state index contributed by atoms with van der Waals surface area (Å²) in [5.74, 6) is 0.371. The number of esters is 1. The summed E-state index contributed by atoms with van der Waals surface area (Å²) in [5, 5.41) is 2.62. The van der Waals surface area contributed by atoms with E-state index in [9.17, 15) is 9.59 Å². The Bertz CT molecular complexity index is 515. The highest BCUT2D eigenvalue weighted by atomic mass is 16.5. The minimum atomic E-state index is -0.420. The average molecular weight is 306 g/mol. The van der Waals surface area contributed by atoms with Crippen LogP contribution in [0.25, 0.3) is 0 Å². The molecule has 2 amide bonds. The molecule has 0 saturated carbocycles. The number of hydrogen-bond donors (Lipinski definition) is 1. The van der Waals surface area contributed by atoms with E-state index in [1.807, 2.05) is 24.3 Å². The van der Waals surface area contributed by atoms with Crippen molar-refractivity contribution in [2.75, 3.05) is 26.8 Å². The van der Waals surface area contributed by atoms with Crippen molar-refractivity contribution in [3.8, 4) is 5.75 Å². The maximum absolute atomic E-state index is 12.2. The number of methoxy groups -OCH3 is 1. The summed E-state index contributed by atoms with van der Waals surface area (Å²) < 4.78 is 9.96. The van der Waals surface area contributed by atoms with E-state index in [4.69, 9.17) is 9.47 Å². The van der Waals surface area contributed by atoms with Gasteiger partial charge in [-0.1, -0.05) is 12.1 Å². The van der Waals surface area contributed by atoms with Gasteiger partial charge in [-0.25, -0.2) is 4.79 Å². The van der Waals surface area contributed by atoms with Crippen LogP contribution in [-0.4, -0.2) is 43.7 Å². The molecule has 1 saturated heterocycles. The van der Waals surface area contributed by atoms with Crippen molar-refractivity contribution < 1.29 is 19.1 Å². The number of ether oxygens (including phenoxy) is 2. The first kappa shape index (κ1) is 16.1. The fourth-order valence-corrected chi connectivity index (χ4v) is 2.64. The Kier molecular flexibility index (Phi) is 5.63. The van der Waals surface area contributed by atoms with Crippen LogP contribution in [0, 0.1) is 0 Å². The first-order chi connectivity index (χ1) is 10.7. The van der Waals surface area contributed by atoms with Gasteiger partial charge < -0.3 is 19.7 Å². The van der Waals surface area contributed by atoms with Crippen LogP contribution < -0.4 is 10.1 Å². The minimum Gasteiger partial charge on any atom is -0.497 e. The maximum atomic E-state index is 12.2. The van der Waals surface area contributed by atoms with E-state index in [1.165, 1.54) is 0 Å². The Hall–Kier alpha value is -2.24. The van der Waals surface area contributed by atoms with Gasteiger partial charge in [-0.05, 0) is 37.5 Å². The van der Waals surface area contributed by atoms with E-state index >= 15 is 0 Å². The lowest BCUT2D eigenvalue weighted by Gasteiger charge is -2.25. The Morgan fingerprint density at radius 3 is 2.68 bits per heavy atom. The molecular formula is C16H22N2O4. The highest BCUT2D eigenvalue weighted by Gasteiger charge is 2.30. The van der Waals surface area contributed by atoms with Gasteiger partial charge in [0.2, 0.25) is 0 Å². The van der Waals surface area contributed by atoms with Gasteiger partial charge in [0.05, 0.1) is 19.8 Å². The van der Waals surface area contributed by atoms with E-state index in [0.29, 0.717) is 13.2 Å². The summed E-state index contributed by atoms with van der Waals surface area (Å²) in [6.45, 7) is 2.64. The smallest absolute Gasteiger partial charge is 0.325 e. The van der Waals surface area contributed by atoms with Crippen LogP contribution in [-0.2, 0) is 9.53 Å². The topological polar surface area (TPSA) is 67.9 Å². The molecule has 1 N–H and O–H groups in total. The number of amides is 2. The second-order valence-corrected chi connectivity index (χ2v) is 5.09. The largest absolute Gasteiger partial charge is 0.497 e. The second kappa shape index (κ2) is 7.68. The molecule has 1 atom stereocenters. The summed E-state index contributed by atoms with van der Waals surface area (Å²) in [6, 6.07) is 7.53. The average Bonchev–Trinajstić information content (AvgIpc) is 3.02. The van der Waals surface area contributed by atoms with Crippen molar-refractivity contribution in [3.05, 3.63) is 29.8 Å². The molecule has 0 bridgehead atoms. The van der Waals surface area contributed by atoms with Crippen molar-refractivity contribution in [1.82, 2.24) is 10.2 Å². The molecule has 1 aliphatic heterocycles. The lowest BCUT2D eigenvalue weighted by Crippen LogP contribution is -2.41. The number of nitrogens with one attached hydrogen (secondary N) is 1. The van der Waals surface area contributed by atoms with E-state index < -0.39 is 5.97 Å². The van der Waals surface area contributed by atoms with Crippen LogP contribution in [0.2, 0.25) is 0 Å². The highest BCUT2D eigenvalue weighted by molar-refractivity contribution is 5.81. The van der Waals surface area contributed by atoms with Gasteiger partial charge >= 0.3 is 12.0 Å². The van der Waals surface area contributed by atoms with Crippen molar-refractivity contribution in [3.63, 3.8) is 0 Å². The van der Waals surface area contributed by atoms with Crippen molar-refractivity contribution in [1.29, 1.82) is 0 Å². The third kappa shape index (κ3) is 3.90. The molecule has 6 nitrogen and oxygen atoms in total. The molecule has 0 unspecified atom stereocenters. The van der Waals surface area contributed by atoms with Crippen LogP contribution in [0.1, 0.15) is 31.4 Å². The molecule has 6 heteroatoms. The third-order valence-corrected chi connectivity index (χ3v) is 3.70. The highest BCUT2D eigenvalue weighted by Crippen LogP contribution is 2.32. The summed E-state index contributed by atoms with van der Waals surface area (Å²) in [5.41, 5.74) is 1.07. The van der Waals surface area contributed by atoms with E-state index in [2.05, 4.69) is 5.32 Å². The van der Waals surface area contributed by atoms with Crippen molar-refractivity contribution >= 4 is 12.0 Å². The SMILES string of the molecule is CCOC(=O)CNC(=O)N1CCC[C@H]1c1ccc(OC)cc1. The third-order valence-electron chi connectivity index (χ3n) is 3.70. The molecule has 22 heavy (non-hydrogen) atoms. The van der Waals surface area contributed by atoms with Crippen molar-refractivity contribution in [2.45, 2.75) is 25.8 Å². The Labute approximate surface area is 130 Å². The maximum Gasteiger partial charge on any atom is 0.325 e. The van der Waals surface area contributed by atoms with Gasteiger partial charge in [0.1, 0.15) is 12.3 Å². The Morgan fingerprint density at radius 2 is 2.05 bits per heavy atom. The van der Waals surface area contributed by atoms with Gasteiger partial charge in [0, 0.05) is 6.54 Å². The predicted octanol–water partition coefficient (Wildman–Crippen LogP) is 2.10. The zero-order valence-corrected chi connectivity index (χ0v) is 13.0. The summed E-state index contributed by atoms with van der Waals surface area (Å²) in [6.07, 6.45) is 1.86. The number of carbonyl (C=O) groups is 2. The molecule has 1 aromatic carbocycles. The lowest BCUT2D eigenvalue weighted by molar-refractivity contribution is -0.141. The van der Waals surface area contributed by atoms with Crippen LogP contribution >= 0.6 is 0 Å². The second-order valence-electron chi connectivity index (χ2n) is 5.09. The Morgan fingerprint density at radius 1 is 1.32 bits per heavy atom. The lowest BCUT2D eigenvalue weighted by atomic mass is 10.0. The summed E-state index contributed by atoms with van der Waals surface area (Å²) >= 11 is 0. The standard InChI is InChI=1S/C16H22N2O4/c1-3-22-15(19)11-17-16(20)18-10-4-5-14(18)12-6-8-13(21-2)9-7-12/h6-9,14H,3-5,10-11H2,1-2H3,(H,17,20)/t14-/m0/s1. The quantitative estimate of drug-likeness (QED) is 0.846. The summed E-state index contributed by atoms with van der Waals surface area (Å²) in [7, 11) is 1.62. The number of likely N-dealkylation sites (tertiary alicyclic amines) is 1. The molecule has 1 fully saturated rings. The van der Waals surface area contributed by atoms with Crippen LogP contribution in [0.15, 0.2) is 24.3 Å². The molecular weight excluding hydrogens is 284 g/mol. The number of urea groups is 1. The number of nitrogens with zero attached hydrogens (tertiary/aromatic N) is 1. The normalized spacial score (nSPS) is 17.2. The summed E-state index contributed by atoms with van der Waals surface area (Å²) in [4.78, 5) is 25.3. The Balaban J connectivity index is 1.97. The van der Waals surface area contributed by atoms with Gasteiger partial charge in [0.25, 0.3) is 0 Å². The van der Waals surface area contributed by atoms with Gasteiger partial charge in [0.15, 0.2) is 0 Å². The fraction of sp³-hybridized carbons (Fsp3) is 0.500. The van der Waals surface area contributed by atoms with Crippen LogP contribution in [0.3, 0.4) is 0 Å². The number of carbonyl (C=O) groups excluding carboxylic acids is 2. The fourth-order valence-electron chi connectivity index (χ4n) is 2.64. The van der Waals surface area contributed by atoms with Gasteiger partial charge in [-0.2, -0.15) is 0 Å². The van der Waals surface area contributed by atoms with Crippen molar-refractivity contribution in [2.24, 2.45) is 0 Å². The predicted molar refractivity (Wildman–Crippen MR) is 81.7 cm³/mol. The zero-order chi connectivity index (χ0) is 15.9.